The summed E-state index contributed by atoms with van der Waals surface area (Å²) in [4.78, 5) is 53.4. The Morgan fingerprint density at radius 3 is 2.06 bits per heavy atom. The van der Waals surface area contributed by atoms with Gasteiger partial charge in [0.25, 0.3) is 17.7 Å². The lowest BCUT2D eigenvalue weighted by Crippen LogP contribution is -2.52. The van der Waals surface area contributed by atoms with Crippen molar-refractivity contribution in [1.82, 2.24) is 10.0 Å². The van der Waals surface area contributed by atoms with E-state index < -0.39 is 41.9 Å². The number of hydrogen-bond donors (Lipinski definition) is 0. The first-order chi connectivity index (χ1) is 15.8. The fourth-order valence-corrected chi connectivity index (χ4v) is 6.07. The largest absolute Gasteiger partial charge is 0.292 e. The molecule has 2 bridgehead atoms. The highest BCUT2D eigenvalue weighted by molar-refractivity contribution is 9.10. The second kappa shape index (κ2) is 8.53. The Kier molecular flexibility index (Phi) is 5.83. The van der Waals surface area contributed by atoms with Crippen molar-refractivity contribution in [2.24, 2.45) is 23.7 Å². The molecule has 3 aliphatic rings. The maximum Gasteiger partial charge on any atom is 0.273 e. The van der Waals surface area contributed by atoms with Crippen molar-refractivity contribution >= 4 is 62.6 Å². The maximum absolute atomic E-state index is 13.5. The SMILES string of the molecule is O=C(CN(C(=O)c1ccc(Cl)c(Cl)c1)N1C(=O)[C@@H]2[C@H]3CC[C@@H](C3)[C@H]2C1=O)c1ccc(Br)cc1. The second-order valence-corrected chi connectivity index (χ2v) is 10.5. The molecule has 9 heteroatoms. The number of halogens is 3. The zero-order valence-electron chi connectivity index (χ0n) is 17.3. The zero-order chi connectivity index (χ0) is 23.4. The van der Waals surface area contributed by atoms with Crippen LogP contribution in [-0.2, 0) is 9.59 Å². The number of fused-ring (bicyclic) bond motifs is 5. The van der Waals surface area contributed by atoms with Crippen LogP contribution < -0.4 is 0 Å². The summed E-state index contributed by atoms with van der Waals surface area (Å²) in [5.74, 6) is -2.35. The number of carbonyl (C=O) groups excluding carboxylic acids is 4. The number of hydrogen-bond acceptors (Lipinski definition) is 4. The molecule has 3 fully saturated rings. The van der Waals surface area contributed by atoms with Crippen LogP contribution in [0.2, 0.25) is 10.0 Å². The molecule has 0 unspecified atom stereocenters. The lowest BCUT2D eigenvalue weighted by Gasteiger charge is -2.31. The van der Waals surface area contributed by atoms with Crippen LogP contribution in [0.5, 0.6) is 0 Å². The molecule has 170 valence electrons. The normalized spacial score (nSPS) is 25.5. The Morgan fingerprint density at radius 2 is 1.48 bits per heavy atom. The summed E-state index contributed by atoms with van der Waals surface area (Å²) >= 11 is 15.4. The van der Waals surface area contributed by atoms with Crippen molar-refractivity contribution in [3.8, 4) is 0 Å². The van der Waals surface area contributed by atoms with Crippen molar-refractivity contribution in [2.75, 3.05) is 6.54 Å². The van der Waals surface area contributed by atoms with Gasteiger partial charge in [-0.15, -0.1) is 0 Å². The number of carbonyl (C=O) groups is 4. The van der Waals surface area contributed by atoms with Gasteiger partial charge in [0, 0.05) is 15.6 Å². The van der Waals surface area contributed by atoms with E-state index in [2.05, 4.69) is 15.9 Å². The average Bonchev–Trinajstić information content (AvgIpc) is 3.48. The van der Waals surface area contributed by atoms with Gasteiger partial charge < -0.3 is 0 Å². The van der Waals surface area contributed by atoms with Crippen molar-refractivity contribution in [3.63, 3.8) is 0 Å². The highest BCUT2D eigenvalue weighted by atomic mass is 79.9. The van der Waals surface area contributed by atoms with Gasteiger partial charge in [-0.2, -0.15) is 5.01 Å². The first-order valence-corrected chi connectivity index (χ1v) is 12.2. The molecule has 33 heavy (non-hydrogen) atoms. The Bertz CT molecular complexity index is 1160. The Morgan fingerprint density at radius 1 is 0.909 bits per heavy atom. The number of imide groups is 1. The molecule has 0 N–H and O–H groups in total. The van der Waals surface area contributed by atoms with Crippen molar-refractivity contribution in [2.45, 2.75) is 19.3 Å². The topological polar surface area (TPSA) is 74.8 Å². The van der Waals surface area contributed by atoms with Gasteiger partial charge in [0.2, 0.25) is 0 Å². The van der Waals surface area contributed by atoms with Crippen molar-refractivity contribution in [1.29, 1.82) is 0 Å². The highest BCUT2D eigenvalue weighted by Gasteiger charge is 2.62. The lowest BCUT2D eigenvalue weighted by molar-refractivity contribution is -0.154. The third-order valence-corrected chi connectivity index (χ3v) is 8.27. The van der Waals surface area contributed by atoms with E-state index in [1.54, 1.807) is 24.3 Å². The molecule has 0 aromatic heterocycles. The maximum atomic E-state index is 13.5. The number of ketones is 1. The number of amides is 3. The predicted molar refractivity (Wildman–Crippen MR) is 126 cm³/mol. The minimum atomic E-state index is -0.659. The van der Waals surface area contributed by atoms with E-state index >= 15 is 0 Å². The first-order valence-electron chi connectivity index (χ1n) is 10.7. The molecule has 6 nitrogen and oxygen atoms in total. The van der Waals surface area contributed by atoms with Crippen LogP contribution in [0.1, 0.15) is 40.0 Å². The molecule has 2 saturated carbocycles. The van der Waals surface area contributed by atoms with E-state index in [9.17, 15) is 19.2 Å². The van der Waals surface area contributed by atoms with Crippen LogP contribution in [0.15, 0.2) is 46.9 Å². The van der Waals surface area contributed by atoms with Crippen molar-refractivity contribution in [3.05, 3.63) is 68.1 Å². The Balaban J connectivity index is 1.51. The minimum absolute atomic E-state index is 0.133. The molecular formula is C24H19BrCl2N2O4. The standard InChI is InChI=1S/C24H19BrCl2N2O4/c25-16-6-3-12(4-7-16)19(30)11-28(22(31)15-5-8-17(26)18(27)10-15)29-23(32)20-13-1-2-14(9-13)21(20)24(29)33/h3-8,10,13-14,20-21H,1-2,9,11H2/t13-,14-,20+,21+/m0/s1. The number of nitrogens with zero attached hydrogens (tertiary/aromatic N) is 2. The molecule has 5 rings (SSSR count). The molecule has 0 radical (unpaired) electrons. The monoisotopic (exact) mass is 548 g/mol. The van der Waals surface area contributed by atoms with Gasteiger partial charge in [-0.05, 0) is 61.4 Å². The van der Waals surface area contributed by atoms with Gasteiger partial charge in [0.15, 0.2) is 5.78 Å². The summed E-state index contributed by atoms with van der Waals surface area (Å²) in [6.45, 7) is -0.451. The van der Waals surface area contributed by atoms with Crippen LogP contribution in [0.3, 0.4) is 0 Å². The third kappa shape index (κ3) is 3.80. The van der Waals surface area contributed by atoms with E-state index in [0.29, 0.717) is 5.56 Å². The van der Waals surface area contributed by atoms with E-state index in [1.165, 1.54) is 18.2 Å². The molecule has 3 amide bonds. The number of benzene rings is 2. The molecule has 1 aliphatic heterocycles. The third-order valence-electron chi connectivity index (χ3n) is 7.01. The molecule has 2 aromatic rings. The molecule has 1 heterocycles. The van der Waals surface area contributed by atoms with E-state index in [1.807, 2.05) is 0 Å². The molecule has 1 saturated heterocycles. The summed E-state index contributed by atoms with van der Waals surface area (Å²) in [5.41, 5.74) is 0.498. The van der Waals surface area contributed by atoms with Gasteiger partial charge in [0.05, 0.1) is 21.9 Å². The van der Waals surface area contributed by atoms with Gasteiger partial charge in [0.1, 0.15) is 6.54 Å². The highest BCUT2D eigenvalue weighted by Crippen LogP contribution is 2.56. The van der Waals surface area contributed by atoms with Crippen LogP contribution in [0.4, 0.5) is 0 Å². The lowest BCUT2D eigenvalue weighted by atomic mass is 9.81. The Labute approximate surface area is 208 Å². The van der Waals surface area contributed by atoms with E-state index in [-0.39, 0.29) is 27.4 Å². The van der Waals surface area contributed by atoms with Gasteiger partial charge in [-0.25, -0.2) is 5.01 Å². The van der Waals surface area contributed by atoms with Gasteiger partial charge >= 0.3 is 0 Å². The van der Waals surface area contributed by atoms with Crippen LogP contribution >= 0.6 is 39.1 Å². The molecule has 0 spiro atoms. The molecular weight excluding hydrogens is 531 g/mol. The fourth-order valence-electron chi connectivity index (χ4n) is 5.51. The number of Topliss-reactive ketones (excluding diaryl/α,β-unsaturated/α-hetero) is 1. The van der Waals surface area contributed by atoms with Crippen LogP contribution in [0, 0.1) is 23.7 Å². The number of rotatable bonds is 5. The van der Waals surface area contributed by atoms with Crippen LogP contribution in [0.25, 0.3) is 0 Å². The van der Waals surface area contributed by atoms with Crippen LogP contribution in [-0.4, -0.2) is 40.1 Å². The van der Waals surface area contributed by atoms with E-state index in [4.69, 9.17) is 23.2 Å². The fraction of sp³-hybridized carbons (Fsp3) is 0.333. The van der Waals surface area contributed by atoms with Gasteiger partial charge in [-0.1, -0.05) is 51.3 Å². The molecule has 4 atom stereocenters. The summed E-state index contributed by atoms with van der Waals surface area (Å²) in [5, 5.41) is 2.33. The summed E-state index contributed by atoms with van der Waals surface area (Å²) in [6, 6.07) is 11.0. The van der Waals surface area contributed by atoms with Gasteiger partial charge in [-0.3, -0.25) is 19.2 Å². The molecule has 2 aromatic carbocycles. The second-order valence-electron chi connectivity index (χ2n) is 8.79. The predicted octanol–water partition coefficient (Wildman–Crippen LogP) is 5.03. The number of hydrazine groups is 1. The summed E-state index contributed by atoms with van der Waals surface area (Å²) in [7, 11) is 0. The Hall–Kier alpha value is -2.22. The zero-order valence-corrected chi connectivity index (χ0v) is 20.4. The summed E-state index contributed by atoms with van der Waals surface area (Å²) < 4.78 is 0.802. The molecule has 2 aliphatic carbocycles. The smallest absolute Gasteiger partial charge is 0.273 e. The quantitative estimate of drug-likeness (QED) is 0.387. The van der Waals surface area contributed by atoms with Crippen molar-refractivity contribution < 1.29 is 19.2 Å². The minimum Gasteiger partial charge on any atom is -0.292 e. The average molecular weight is 550 g/mol. The first kappa shape index (κ1) is 22.6. The van der Waals surface area contributed by atoms with E-state index in [0.717, 1.165) is 33.8 Å². The summed E-state index contributed by atoms with van der Waals surface area (Å²) in [6.07, 6.45) is 2.70.